The Balaban J connectivity index is 1.74. The van der Waals surface area contributed by atoms with Crippen molar-refractivity contribution in [1.29, 1.82) is 0 Å². The van der Waals surface area contributed by atoms with Crippen LogP contribution in [-0.2, 0) is 11.3 Å². The Labute approximate surface area is 120 Å². The first kappa shape index (κ1) is 14.5. The van der Waals surface area contributed by atoms with Crippen LogP contribution >= 0.6 is 11.3 Å². The van der Waals surface area contributed by atoms with Gasteiger partial charge >= 0.3 is 0 Å². The van der Waals surface area contributed by atoms with Crippen molar-refractivity contribution >= 4 is 17.2 Å². The van der Waals surface area contributed by atoms with Gasteiger partial charge in [0.1, 0.15) is 0 Å². The maximum Gasteiger partial charge on any atom is 0.222 e. The van der Waals surface area contributed by atoms with Crippen molar-refractivity contribution in [3.8, 4) is 0 Å². The lowest BCUT2D eigenvalue weighted by atomic mass is 10.0. The van der Waals surface area contributed by atoms with E-state index in [0.29, 0.717) is 12.5 Å². The highest BCUT2D eigenvalue weighted by Crippen LogP contribution is 2.18. The molecule has 1 N–H and O–H groups in total. The van der Waals surface area contributed by atoms with Gasteiger partial charge in [-0.3, -0.25) is 4.79 Å². The van der Waals surface area contributed by atoms with E-state index in [1.54, 1.807) is 11.3 Å². The number of carbonyl (C=O) groups excluding carboxylic acids is 1. The second-order valence-electron chi connectivity index (χ2n) is 5.46. The van der Waals surface area contributed by atoms with Gasteiger partial charge in [0, 0.05) is 24.4 Å². The SMILES string of the molecule is Cc1ccsc1CN(C)C(=O)CCC1CCCCN1. The van der Waals surface area contributed by atoms with Crippen LogP contribution in [-0.4, -0.2) is 30.4 Å². The molecule has 0 aromatic carbocycles. The lowest BCUT2D eigenvalue weighted by Crippen LogP contribution is -2.35. The largest absolute Gasteiger partial charge is 0.341 e. The van der Waals surface area contributed by atoms with Gasteiger partial charge in [0.05, 0.1) is 6.54 Å². The molecule has 0 spiro atoms. The second-order valence-corrected chi connectivity index (χ2v) is 6.46. The molecule has 2 rings (SSSR count). The van der Waals surface area contributed by atoms with E-state index in [-0.39, 0.29) is 5.91 Å². The molecule has 1 amide bonds. The fourth-order valence-corrected chi connectivity index (χ4v) is 3.49. The van der Waals surface area contributed by atoms with Crippen LogP contribution in [0.3, 0.4) is 0 Å². The number of piperidine rings is 1. The highest BCUT2D eigenvalue weighted by molar-refractivity contribution is 7.10. The average molecular weight is 280 g/mol. The fraction of sp³-hybridized carbons (Fsp3) is 0.667. The summed E-state index contributed by atoms with van der Waals surface area (Å²) in [5.74, 6) is 0.264. The molecule has 1 saturated heterocycles. The minimum Gasteiger partial charge on any atom is -0.341 e. The molecule has 0 saturated carbocycles. The lowest BCUT2D eigenvalue weighted by molar-refractivity contribution is -0.130. The summed E-state index contributed by atoms with van der Waals surface area (Å²) >= 11 is 1.74. The summed E-state index contributed by atoms with van der Waals surface area (Å²) in [7, 11) is 1.91. The van der Waals surface area contributed by atoms with Gasteiger partial charge in [0.15, 0.2) is 0 Å². The number of aryl methyl sites for hydroxylation is 1. The van der Waals surface area contributed by atoms with E-state index in [1.165, 1.54) is 29.7 Å². The summed E-state index contributed by atoms with van der Waals surface area (Å²) < 4.78 is 0. The third-order valence-corrected chi connectivity index (χ3v) is 4.90. The Morgan fingerprint density at radius 1 is 1.53 bits per heavy atom. The monoisotopic (exact) mass is 280 g/mol. The molecule has 0 bridgehead atoms. The molecule has 3 nitrogen and oxygen atoms in total. The van der Waals surface area contributed by atoms with Crippen molar-refractivity contribution < 1.29 is 4.79 Å². The molecule has 1 fully saturated rings. The van der Waals surface area contributed by atoms with Crippen LogP contribution in [0.1, 0.15) is 42.5 Å². The molecule has 1 aromatic rings. The number of amides is 1. The van der Waals surface area contributed by atoms with Crippen molar-refractivity contribution in [1.82, 2.24) is 10.2 Å². The van der Waals surface area contributed by atoms with Gasteiger partial charge in [-0.15, -0.1) is 11.3 Å². The molecule has 1 aliphatic heterocycles. The van der Waals surface area contributed by atoms with E-state index < -0.39 is 0 Å². The van der Waals surface area contributed by atoms with Gasteiger partial charge in [-0.25, -0.2) is 0 Å². The maximum absolute atomic E-state index is 12.1. The van der Waals surface area contributed by atoms with Crippen LogP contribution in [0, 0.1) is 6.92 Å². The van der Waals surface area contributed by atoms with Gasteiger partial charge in [-0.1, -0.05) is 6.42 Å². The minimum absolute atomic E-state index is 0.264. The van der Waals surface area contributed by atoms with E-state index in [2.05, 4.69) is 23.7 Å². The molecular weight excluding hydrogens is 256 g/mol. The van der Waals surface area contributed by atoms with E-state index in [1.807, 2.05) is 11.9 Å². The first-order valence-corrected chi connectivity index (χ1v) is 8.05. The summed E-state index contributed by atoms with van der Waals surface area (Å²) in [6.45, 7) is 3.97. The standard InChI is InChI=1S/C15H24N2OS/c1-12-8-10-19-14(12)11-17(2)15(18)7-6-13-5-3-4-9-16-13/h8,10,13,16H,3-7,9,11H2,1-2H3. The molecule has 0 aliphatic carbocycles. The maximum atomic E-state index is 12.1. The Morgan fingerprint density at radius 3 is 3.00 bits per heavy atom. The van der Waals surface area contributed by atoms with Gasteiger partial charge in [-0.2, -0.15) is 0 Å². The number of rotatable bonds is 5. The molecule has 106 valence electrons. The summed E-state index contributed by atoms with van der Waals surface area (Å²) in [5, 5.41) is 5.59. The number of hydrogen-bond donors (Lipinski definition) is 1. The molecular formula is C15H24N2OS. The number of carbonyl (C=O) groups is 1. The molecule has 0 radical (unpaired) electrons. The molecule has 2 heterocycles. The normalized spacial score (nSPS) is 19.4. The van der Waals surface area contributed by atoms with Crippen molar-refractivity contribution in [2.24, 2.45) is 0 Å². The molecule has 1 unspecified atom stereocenters. The van der Waals surface area contributed by atoms with Gasteiger partial charge < -0.3 is 10.2 Å². The third-order valence-electron chi connectivity index (χ3n) is 3.89. The van der Waals surface area contributed by atoms with Crippen LogP contribution in [0.4, 0.5) is 0 Å². The number of nitrogens with one attached hydrogen (secondary N) is 1. The lowest BCUT2D eigenvalue weighted by Gasteiger charge is -2.24. The van der Waals surface area contributed by atoms with Gasteiger partial charge in [-0.05, 0) is 49.7 Å². The van der Waals surface area contributed by atoms with Crippen LogP contribution < -0.4 is 5.32 Å². The number of thiophene rings is 1. The predicted octanol–water partition coefficient (Wildman–Crippen LogP) is 2.94. The predicted molar refractivity (Wildman–Crippen MR) is 80.4 cm³/mol. The zero-order valence-electron chi connectivity index (χ0n) is 11.9. The quantitative estimate of drug-likeness (QED) is 0.899. The van der Waals surface area contributed by atoms with E-state index in [0.717, 1.165) is 19.5 Å². The van der Waals surface area contributed by atoms with Gasteiger partial charge in [0.2, 0.25) is 5.91 Å². The average Bonchev–Trinajstić information content (AvgIpc) is 2.82. The Bertz CT molecular complexity index is 410. The first-order valence-electron chi connectivity index (χ1n) is 7.17. The Morgan fingerprint density at radius 2 is 2.37 bits per heavy atom. The van der Waals surface area contributed by atoms with Crippen molar-refractivity contribution in [3.63, 3.8) is 0 Å². The zero-order chi connectivity index (χ0) is 13.7. The summed E-state index contributed by atoms with van der Waals surface area (Å²) in [6, 6.07) is 2.67. The highest BCUT2D eigenvalue weighted by Gasteiger charge is 2.16. The Hall–Kier alpha value is -0.870. The van der Waals surface area contributed by atoms with Crippen molar-refractivity contribution in [2.45, 2.75) is 51.6 Å². The van der Waals surface area contributed by atoms with Crippen molar-refractivity contribution in [3.05, 3.63) is 21.9 Å². The van der Waals surface area contributed by atoms with Crippen LogP contribution in [0.2, 0.25) is 0 Å². The van der Waals surface area contributed by atoms with Crippen LogP contribution in [0.25, 0.3) is 0 Å². The fourth-order valence-electron chi connectivity index (χ4n) is 2.53. The minimum atomic E-state index is 0.264. The molecule has 1 aromatic heterocycles. The smallest absolute Gasteiger partial charge is 0.222 e. The molecule has 1 atom stereocenters. The number of nitrogens with zero attached hydrogens (tertiary/aromatic N) is 1. The van der Waals surface area contributed by atoms with E-state index in [4.69, 9.17) is 0 Å². The topological polar surface area (TPSA) is 32.3 Å². The van der Waals surface area contributed by atoms with Crippen LogP contribution in [0.5, 0.6) is 0 Å². The zero-order valence-corrected chi connectivity index (χ0v) is 12.8. The van der Waals surface area contributed by atoms with Crippen molar-refractivity contribution in [2.75, 3.05) is 13.6 Å². The second kappa shape index (κ2) is 7.06. The van der Waals surface area contributed by atoms with E-state index in [9.17, 15) is 4.79 Å². The summed E-state index contributed by atoms with van der Waals surface area (Å²) in [6.07, 6.45) is 5.45. The van der Waals surface area contributed by atoms with Gasteiger partial charge in [0.25, 0.3) is 0 Å². The highest BCUT2D eigenvalue weighted by atomic mass is 32.1. The van der Waals surface area contributed by atoms with Crippen LogP contribution in [0.15, 0.2) is 11.4 Å². The van der Waals surface area contributed by atoms with E-state index >= 15 is 0 Å². The molecule has 1 aliphatic rings. The summed E-state index contributed by atoms with van der Waals surface area (Å²) in [5.41, 5.74) is 1.29. The molecule has 19 heavy (non-hydrogen) atoms. The first-order chi connectivity index (χ1) is 9.16. The number of hydrogen-bond acceptors (Lipinski definition) is 3. The Kier molecular flexibility index (Phi) is 5.40. The molecule has 4 heteroatoms. The summed E-state index contributed by atoms with van der Waals surface area (Å²) in [4.78, 5) is 15.3. The third kappa shape index (κ3) is 4.32.